The summed E-state index contributed by atoms with van der Waals surface area (Å²) in [6, 6.07) is 8.41. The number of amides is 1. The van der Waals surface area contributed by atoms with E-state index < -0.39 is 0 Å². The summed E-state index contributed by atoms with van der Waals surface area (Å²) in [4.78, 5) is 16.3. The molecule has 1 heterocycles. The van der Waals surface area contributed by atoms with Crippen LogP contribution in [-0.4, -0.2) is 15.5 Å². The fourth-order valence-corrected chi connectivity index (χ4v) is 2.08. The van der Waals surface area contributed by atoms with E-state index in [4.69, 9.17) is 0 Å². The maximum absolute atomic E-state index is 11.9. The summed E-state index contributed by atoms with van der Waals surface area (Å²) in [5.41, 5.74) is 2.10. The van der Waals surface area contributed by atoms with Crippen molar-refractivity contribution in [2.24, 2.45) is 5.41 Å². The smallest absolute Gasteiger partial charge is 0.225 e. The Kier molecular flexibility index (Phi) is 4.46. The number of hydrogen-bond donors (Lipinski definition) is 1. The first kappa shape index (κ1) is 15.3. The molecule has 21 heavy (non-hydrogen) atoms. The Labute approximate surface area is 126 Å². The number of nitrogens with zero attached hydrogens (tertiary/aromatic N) is 2. The first-order valence-electron chi connectivity index (χ1n) is 7.20. The number of carbonyl (C=O) groups excluding carboxylic acids is 1. The van der Waals surface area contributed by atoms with E-state index in [1.807, 2.05) is 27.0 Å². The molecule has 1 aromatic heterocycles. The minimum Gasteiger partial charge on any atom is -0.348 e. The molecule has 1 amide bonds. The SMILES string of the molecule is Cc1cccc(Cn2ccnc2CNC(=O)C(C)(C)C)c1. The Morgan fingerprint density at radius 2 is 2.10 bits per heavy atom. The second-order valence-corrected chi connectivity index (χ2v) is 6.39. The summed E-state index contributed by atoms with van der Waals surface area (Å²) in [7, 11) is 0. The third-order valence-corrected chi connectivity index (χ3v) is 3.33. The molecular weight excluding hydrogens is 262 g/mol. The van der Waals surface area contributed by atoms with Crippen LogP contribution in [0.3, 0.4) is 0 Å². The van der Waals surface area contributed by atoms with Gasteiger partial charge in [0.15, 0.2) is 0 Å². The zero-order valence-electron chi connectivity index (χ0n) is 13.2. The lowest BCUT2D eigenvalue weighted by molar-refractivity contribution is -0.128. The van der Waals surface area contributed by atoms with Crippen LogP contribution in [0.4, 0.5) is 0 Å². The number of carbonyl (C=O) groups is 1. The summed E-state index contributed by atoms with van der Waals surface area (Å²) >= 11 is 0. The Morgan fingerprint density at radius 3 is 2.76 bits per heavy atom. The normalized spacial score (nSPS) is 11.4. The molecule has 0 spiro atoms. The van der Waals surface area contributed by atoms with Crippen LogP contribution in [0.15, 0.2) is 36.7 Å². The lowest BCUT2D eigenvalue weighted by Crippen LogP contribution is -2.35. The first-order valence-corrected chi connectivity index (χ1v) is 7.20. The average Bonchev–Trinajstić information content (AvgIpc) is 2.82. The van der Waals surface area contributed by atoms with Crippen molar-refractivity contribution in [2.75, 3.05) is 0 Å². The van der Waals surface area contributed by atoms with Crippen molar-refractivity contribution in [1.82, 2.24) is 14.9 Å². The van der Waals surface area contributed by atoms with Gasteiger partial charge in [0.05, 0.1) is 6.54 Å². The zero-order chi connectivity index (χ0) is 15.5. The standard InChI is InChI=1S/C17H23N3O/c1-13-6-5-7-14(10-13)12-20-9-8-18-15(20)11-19-16(21)17(2,3)4/h5-10H,11-12H2,1-4H3,(H,19,21). The van der Waals surface area contributed by atoms with Crippen LogP contribution < -0.4 is 5.32 Å². The van der Waals surface area contributed by atoms with Gasteiger partial charge in [-0.3, -0.25) is 4.79 Å². The molecule has 0 atom stereocenters. The van der Waals surface area contributed by atoms with Gasteiger partial charge >= 0.3 is 0 Å². The first-order chi connectivity index (χ1) is 9.86. The van der Waals surface area contributed by atoms with E-state index in [1.54, 1.807) is 6.20 Å². The van der Waals surface area contributed by atoms with Crippen LogP contribution in [0.5, 0.6) is 0 Å². The lowest BCUT2D eigenvalue weighted by Gasteiger charge is -2.17. The van der Waals surface area contributed by atoms with Crippen molar-refractivity contribution < 1.29 is 4.79 Å². The second-order valence-electron chi connectivity index (χ2n) is 6.39. The molecule has 0 aliphatic carbocycles. The zero-order valence-corrected chi connectivity index (χ0v) is 13.2. The molecule has 1 N–H and O–H groups in total. The van der Waals surface area contributed by atoms with E-state index in [-0.39, 0.29) is 11.3 Å². The van der Waals surface area contributed by atoms with Gasteiger partial charge in [-0.1, -0.05) is 50.6 Å². The molecule has 2 aromatic rings. The Hall–Kier alpha value is -2.10. The van der Waals surface area contributed by atoms with Gasteiger partial charge in [0, 0.05) is 24.4 Å². The number of hydrogen-bond acceptors (Lipinski definition) is 2. The Bertz CT molecular complexity index is 623. The summed E-state index contributed by atoms with van der Waals surface area (Å²) in [5.74, 6) is 0.904. The molecule has 0 radical (unpaired) electrons. The minimum absolute atomic E-state index is 0.0348. The molecule has 4 nitrogen and oxygen atoms in total. The highest BCUT2D eigenvalue weighted by atomic mass is 16.2. The van der Waals surface area contributed by atoms with Crippen LogP contribution >= 0.6 is 0 Å². The predicted octanol–water partition coefficient (Wildman–Crippen LogP) is 2.90. The summed E-state index contributed by atoms with van der Waals surface area (Å²) in [5, 5.41) is 2.94. The quantitative estimate of drug-likeness (QED) is 0.939. The largest absolute Gasteiger partial charge is 0.348 e. The molecule has 0 unspecified atom stereocenters. The lowest BCUT2D eigenvalue weighted by atomic mass is 9.96. The van der Waals surface area contributed by atoms with Crippen molar-refractivity contribution in [3.8, 4) is 0 Å². The number of imidazole rings is 1. The van der Waals surface area contributed by atoms with Gasteiger partial charge in [-0.25, -0.2) is 4.98 Å². The summed E-state index contributed by atoms with van der Waals surface area (Å²) in [6.45, 7) is 9.02. The van der Waals surface area contributed by atoms with Crippen LogP contribution in [0.2, 0.25) is 0 Å². The molecule has 0 fully saturated rings. The highest BCUT2D eigenvalue weighted by Crippen LogP contribution is 2.13. The third-order valence-electron chi connectivity index (χ3n) is 3.33. The highest BCUT2D eigenvalue weighted by Gasteiger charge is 2.21. The average molecular weight is 285 g/mol. The van der Waals surface area contributed by atoms with Crippen LogP contribution in [0.25, 0.3) is 0 Å². The van der Waals surface area contributed by atoms with Crippen molar-refractivity contribution in [3.05, 3.63) is 53.6 Å². The van der Waals surface area contributed by atoms with Crippen LogP contribution in [0.1, 0.15) is 37.7 Å². The number of nitrogens with one attached hydrogen (secondary N) is 1. The van der Waals surface area contributed by atoms with Gasteiger partial charge < -0.3 is 9.88 Å². The van der Waals surface area contributed by atoms with E-state index in [0.717, 1.165) is 12.4 Å². The fourth-order valence-electron chi connectivity index (χ4n) is 2.08. The van der Waals surface area contributed by atoms with E-state index >= 15 is 0 Å². The van der Waals surface area contributed by atoms with Crippen molar-refractivity contribution in [1.29, 1.82) is 0 Å². The predicted molar refractivity (Wildman–Crippen MR) is 83.8 cm³/mol. The molecular formula is C17H23N3O. The molecule has 0 saturated heterocycles. The molecule has 0 aliphatic heterocycles. The number of aryl methyl sites for hydroxylation is 1. The van der Waals surface area contributed by atoms with Gasteiger partial charge in [-0.15, -0.1) is 0 Å². The summed E-state index contributed by atoms with van der Waals surface area (Å²) < 4.78 is 2.07. The maximum Gasteiger partial charge on any atom is 0.225 e. The van der Waals surface area contributed by atoms with E-state index in [1.165, 1.54) is 11.1 Å². The number of rotatable bonds is 4. The second kappa shape index (κ2) is 6.12. The molecule has 0 bridgehead atoms. The minimum atomic E-state index is -0.381. The topological polar surface area (TPSA) is 46.9 Å². The molecule has 112 valence electrons. The highest BCUT2D eigenvalue weighted by molar-refractivity contribution is 5.81. The van der Waals surface area contributed by atoms with E-state index in [2.05, 4.69) is 46.1 Å². The van der Waals surface area contributed by atoms with Gasteiger partial charge in [0.1, 0.15) is 5.82 Å². The van der Waals surface area contributed by atoms with Gasteiger partial charge in [-0.05, 0) is 12.5 Å². The van der Waals surface area contributed by atoms with Crippen molar-refractivity contribution >= 4 is 5.91 Å². The molecule has 1 aromatic carbocycles. The molecule has 4 heteroatoms. The molecule has 0 saturated carbocycles. The monoisotopic (exact) mass is 285 g/mol. The van der Waals surface area contributed by atoms with Crippen LogP contribution in [-0.2, 0) is 17.9 Å². The third kappa shape index (κ3) is 4.18. The van der Waals surface area contributed by atoms with Gasteiger partial charge in [-0.2, -0.15) is 0 Å². The van der Waals surface area contributed by atoms with E-state index in [0.29, 0.717) is 6.54 Å². The maximum atomic E-state index is 11.9. The Balaban J connectivity index is 2.04. The van der Waals surface area contributed by atoms with E-state index in [9.17, 15) is 4.79 Å². The van der Waals surface area contributed by atoms with Crippen molar-refractivity contribution in [2.45, 2.75) is 40.8 Å². The fraction of sp³-hybridized carbons (Fsp3) is 0.412. The van der Waals surface area contributed by atoms with Gasteiger partial charge in [0.25, 0.3) is 0 Å². The van der Waals surface area contributed by atoms with Gasteiger partial charge in [0.2, 0.25) is 5.91 Å². The summed E-state index contributed by atoms with van der Waals surface area (Å²) in [6.07, 6.45) is 3.72. The van der Waals surface area contributed by atoms with Crippen molar-refractivity contribution in [3.63, 3.8) is 0 Å². The molecule has 0 aliphatic rings. The number of aromatic nitrogens is 2. The number of benzene rings is 1. The van der Waals surface area contributed by atoms with Crippen LogP contribution in [0, 0.1) is 12.3 Å². The molecule has 2 rings (SSSR count). The Morgan fingerprint density at radius 1 is 1.33 bits per heavy atom.